The molecule has 8 nitrogen and oxygen atoms in total. The van der Waals surface area contributed by atoms with Gasteiger partial charge in [0.2, 0.25) is 5.88 Å². The lowest BCUT2D eigenvalue weighted by Gasteiger charge is -2.11. The number of aromatic nitrogens is 3. The average molecular weight is 398 g/mol. The molecule has 1 unspecified atom stereocenters. The third-order valence-electron chi connectivity index (χ3n) is 4.72. The van der Waals surface area contributed by atoms with Crippen molar-refractivity contribution in [2.24, 2.45) is 0 Å². The summed E-state index contributed by atoms with van der Waals surface area (Å²) >= 11 is 0. The van der Waals surface area contributed by atoms with Crippen LogP contribution in [0.3, 0.4) is 0 Å². The van der Waals surface area contributed by atoms with E-state index in [-0.39, 0.29) is 17.4 Å². The molecule has 4 rings (SSSR count). The highest BCUT2D eigenvalue weighted by Gasteiger charge is 2.30. The van der Waals surface area contributed by atoms with Gasteiger partial charge in [0.25, 0.3) is 5.91 Å². The number of carbonyl (C=O) groups excluding carboxylic acids is 2. The Morgan fingerprint density at radius 1 is 1.28 bits per heavy atom. The third kappa shape index (κ3) is 3.75. The van der Waals surface area contributed by atoms with Gasteiger partial charge in [0.1, 0.15) is 5.82 Å². The molecular weight excluding hydrogens is 379 g/mol. The van der Waals surface area contributed by atoms with Crippen LogP contribution in [0.2, 0.25) is 0 Å². The molecule has 150 valence electrons. The van der Waals surface area contributed by atoms with Crippen LogP contribution in [0.4, 0.5) is 10.3 Å². The van der Waals surface area contributed by atoms with Crippen LogP contribution >= 0.6 is 0 Å². The molecule has 1 atom stereocenters. The minimum Gasteiger partial charge on any atom is -0.448 e. The number of aryl methyl sites for hydroxylation is 1. The van der Waals surface area contributed by atoms with Crippen molar-refractivity contribution in [3.05, 3.63) is 58.8 Å². The van der Waals surface area contributed by atoms with Crippen molar-refractivity contribution in [3.63, 3.8) is 0 Å². The van der Waals surface area contributed by atoms with E-state index in [1.54, 1.807) is 29.8 Å². The predicted octanol–water partition coefficient (Wildman–Crippen LogP) is 2.98. The van der Waals surface area contributed by atoms with Gasteiger partial charge in [-0.15, -0.1) is 0 Å². The Morgan fingerprint density at radius 3 is 2.72 bits per heavy atom. The number of nitrogens with one attached hydrogen (secondary N) is 1. The fourth-order valence-electron chi connectivity index (χ4n) is 3.31. The molecule has 0 spiro atoms. The Morgan fingerprint density at radius 2 is 2.03 bits per heavy atom. The van der Waals surface area contributed by atoms with Crippen molar-refractivity contribution >= 4 is 17.8 Å². The highest BCUT2D eigenvalue weighted by Crippen LogP contribution is 2.28. The first-order chi connectivity index (χ1) is 13.9. The Labute approximate surface area is 165 Å². The molecule has 1 aromatic carbocycles. The average Bonchev–Trinajstić information content (AvgIpc) is 3.39. The molecule has 1 aliphatic rings. The maximum atomic E-state index is 13.2. The topological polar surface area (TPSA) is 99.2 Å². The highest BCUT2D eigenvalue weighted by molar-refractivity contribution is 5.96. The summed E-state index contributed by atoms with van der Waals surface area (Å²) in [4.78, 5) is 24.9. The third-order valence-corrected chi connectivity index (χ3v) is 4.72. The molecule has 0 saturated heterocycles. The molecule has 0 aliphatic heterocycles. The minimum atomic E-state index is -1.05. The van der Waals surface area contributed by atoms with Gasteiger partial charge in [-0.3, -0.25) is 10.1 Å². The van der Waals surface area contributed by atoms with Gasteiger partial charge in [0.05, 0.1) is 11.4 Å². The summed E-state index contributed by atoms with van der Waals surface area (Å²) in [5.74, 6) is -1.39. The van der Waals surface area contributed by atoms with Crippen LogP contribution in [0.1, 0.15) is 40.8 Å². The number of benzene rings is 1. The summed E-state index contributed by atoms with van der Waals surface area (Å²) in [6.45, 7) is 3.19. The molecule has 29 heavy (non-hydrogen) atoms. The van der Waals surface area contributed by atoms with E-state index in [1.165, 1.54) is 19.1 Å². The number of esters is 1. The zero-order valence-corrected chi connectivity index (χ0v) is 15.9. The number of rotatable bonds is 5. The van der Waals surface area contributed by atoms with Crippen molar-refractivity contribution in [2.45, 2.75) is 39.2 Å². The van der Waals surface area contributed by atoms with Gasteiger partial charge in [0.15, 0.2) is 11.8 Å². The molecule has 0 bridgehead atoms. The van der Waals surface area contributed by atoms with Gasteiger partial charge in [-0.2, -0.15) is 5.10 Å². The summed E-state index contributed by atoms with van der Waals surface area (Å²) in [5, 5.41) is 10.6. The monoisotopic (exact) mass is 398 g/mol. The van der Waals surface area contributed by atoms with Crippen LogP contribution in [-0.4, -0.2) is 32.9 Å². The minimum absolute atomic E-state index is 0.178. The summed E-state index contributed by atoms with van der Waals surface area (Å²) in [6, 6.07) is 7.45. The smallest absolute Gasteiger partial charge is 0.359 e. The normalized spacial score (nSPS) is 13.8. The largest absolute Gasteiger partial charge is 0.448 e. The zero-order valence-electron chi connectivity index (χ0n) is 15.9. The molecule has 2 heterocycles. The fraction of sp³-hybridized carbons (Fsp3) is 0.300. The second-order valence-corrected chi connectivity index (χ2v) is 6.88. The number of anilines is 1. The van der Waals surface area contributed by atoms with Gasteiger partial charge in [-0.05, 0) is 57.4 Å². The van der Waals surface area contributed by atoms with Crippen molar-refractivity contribution in [1.29, 1.82) is 0 Å². The Balaban J connectivity index is 1.52. The van der Waals surface area contributed by atoms with Crippen molar-refractivity contribution in [1.82, 2.24) is 14.9 Å². The van der Waals surface area contributed by atoms with Gasteiger partial charge < -0.3 is 9.26 Å². The van der Waals surface area contributed by atoms with Crippen LogP contribution in [0.15, 0.2) is 34.9 Å². The molecule has 1 amide bonds. The number of ether oxygens (including phenoxy) is 1. The number of amides is 1. The fourth-order valence-corrected chi connectivity index (χ4v) is 3.31. The molecule has 0 saturated carbocycles. The van der Waals surface area contributed by atoms with Crippen LogP contribution in [0.25, 0.3) is 5.69 Å². The van der Waals surface area contributed by atoms with Gasteiger partial charge in [-0.25, -0.2) is 13.9 Å². The number of halogens is 1. The van der Waals surface area contributed by atoms with E-state index in [9.17, 15) is 14.0 Å². The second-order valence-electron chi connectivity index (χ2n) is 6.88. The van der Waals surface area contributed by atoms with E-state index in [2.05, 4.69) is 15.6 Å². The number of hydrogen-bond donors (Lipinski definition) is 1. The van der Waals surface area contributed by atoms with Crippen LogP contribution in [-0.2, 0) is 22.4 Å². The van der Waals surface area contributed by atoms with E-state index < -0.39 is 18.0 Å². The standard InChI is InChI=1S/C20H19FN4O4/c1-11-10-17(29-24-11)22-19(26)12(2)28-20(27)18-15-4-3-5-16(15)25(23-18)14-8-6-13(21)7-9-14/h6-10,12H,3-5H2,1-2H3,(H,22,26). The molecule has 1 N–H and O–H groups in total. The van der Waals surface area contributed by atoms with Crippen molar-refractivity contribution in [2.75, 3.05) is 5.32 Å². The maximum Gasteiger partial charge on any atom is 0.359 e. The lowest BCUT2D eigenvalue weighted by Crippen LogP contribution is -2.30. The Hall–Kier alpha value is -3.49. The highest BCUT2D eigenvalue weighted by atomic mass is 19.1. The zero-order chi connectivity index (χ0) is 20.5. The van der Waals surface area contributed by atoms with E-state index in [0.717, 1.165) is 24.1 Å². The van der Waals surface area contributed by atoms with E-state index in [1.807, 2.05) is 0 Å². The van der Waals surface area contributed by atoms with Gasteiger partial charge in [-0.1, -0.05) is 5.16 Å². The lowest BCUT2D eigenvalue weighted by molar-refractivity contribution is -0.124. The molecule has 3 aromatic rings. The Bertz CT molecular complexity index is 1070. The molecule has 9 heteroatoms. The van der Waals surface area contributed by atoms with Crippen LogP contribution < -0.4 is 5.32 Å². The van der Waals surface area contributed by atoms with Crippen LogP contribution in [0, 0.1) is 12.7 Å². The molecule has 1 aliphatic carbocycles. The maximum absolute atomic E-state index is 13.2. The number of fused-ring (bicyclic) bond motifs is 1. The first-order valence-corrected chi connectivity index (χ1v) is 9.24. The van der Waals surface area contributed by atoms with Crippen molar-refractivity contribution < 1.29 is 23.2 Å². The molecule has 2 aromatic heterocycles. The number of hydrogen-bond acceptors (Lipinski definition) is 6. The Kier molecular flexibility index (Phi) is 4.87. The second kappa shape index (κ2) is 7.50. The summed E-state index contributed by atoms with van der Waals surface area (Å²) in [5.41, 5.74) is 3.16. The van der Waals surface area contributed by atoms with Gasteiger partial charge in [0, 0.05) is 17.3 Å². The van der Waals surface area contributed by atoms with E-state index >= 15 is 0 Å². The van der Waals surface area contributed by atoms with E-state index in [4.69, 9.17) is 9.26 Å². The SMILES string of the molecule is Cc1cc(NC(=O)C(C)OC(=O)c2nn(-c3ccc(F)cc3)c3c2CCC3)on1. The first-order valence-electron chi connectivity index (χ1n) is 9.24. The molecule has 0 radical (unpaired) electrons. The number of carbonyl (C=O) groups is 2. The predicted molar refractivity (Wildman–Crippen MR) is 100 cm³/mol. The summed E-state index contributed by atoms with van der Waals surface area (Å²) < 4.78 is 25.1. The first kappa shape index (κ1) is 18.9. The lowest BCUT2D eigenvalue weighted by atomic mass is 10.2. The molecule has 0 fully saturated rings. The summed E-state index contributed by atoms with van der Waals surface area (Å²) in [6.07, 6.45) is 1.28. The number of nitrogens with zero attached hydrogens (tertiary/aromatic N) is 3. The van der Waals surface area contributed by atoms with Crippen molar-refractivity contribution in [3.8, 4) is 5.69 Å². The molecular formula is C20H19FN4O4. The quantitative estimate of drug-likeness (QED) is 0.664. The van der Waals surface area contributed by atoms with Gasteiger partial charge >= 0.3 is 5.97 Å². The van der Waals surface area contributed by atoms with Crippen LogP contribution in [0.5, 0.6) is 0 Å². The van der Waals surface area contributed by atoms with E-state index in [0.29, 0.717) is 17.8 Å². The summed E-state index contributed by atoms with van der Waals surface area (Å²) in [7, 11) is 0.